The zero-order valence-corrected chi connectivity index (χ0v) is 9.09. The summed E-state index contributed by atoms with van der Waals surface area (Å²) in [4.78, 5) is 0. The van der Waals surface area contributed by atoms with Gasteiger partial charge in [0.1, 0.15) is 0 Å². The molecule has 0 aliphatic heterocycles. The van der Waals surface area contributed by atoms with Gasteiger partial charge in [0.05, 0.1) is 0 Å². The van der Waals surface area contributed by atoms with Gasteiger partial charge in [0, 0.05) is 11.1 Å². The highest BCUT2D eigenvalue weighted by molar-refractivity contribution is 5.44. The first kappa shape index (κ1) is 10.8. The number of anilines is 1. The Kier molecular flexibility index (Phi) is 3.34. The molecule has 1 aromatic rings. The van der Waals surface area contributed by atoms with E-state index in [9.17, 15) is 0 Å². The lowest BCUT2D eigenvalue weighted by Gasteiger charge is -2.28. The van der Waals surface area contributed by atoms with Crippen LogP contribution in [-0.4, -0.2) is 0 Å². The number of allylic oxidation sites excluding steroid dienone is 1. The van der Waals surface area contributed by atoms with Gasteiger partial charge in [-0.1, -0.05) is 32.1 Å². The first-order valence-corrected chi connectivity index (χ1v) is 5.18. The van der Waals surface area contributed by atoms with E-state index in [0.717, 1.165) is 18.5 Å². The number of benzene rings is 1. The van der Waals surface area contributed by atoms with Crippen LogP contribution >= 0.6 is 0 Å². The Hall–Kier alpha value is -1.24. The summed E-state index contributed by atoms with van der Waals surface area (Å²) in [6, 6.07) is 8.11. The van der Waals surface area contributed by atoms with E-state index < -0.39 is 0 Å². The van der Waals surface area contributed by atoms with Crippen molar-refractivity contribution in [3.05, 3.63) is 42.5 Å². The zero-order chi connectivity index (χ0) is 10.6. The maximum atomic E-state index is 5.79. The molecule has 0 bridgehead atoms. The Morgan fingerprint density at radius 2 is 2.00 bits per heavy atom. The first-order chi connectivity index (χ1) is 6.68. The summed E-state index contributed by atoms with van der Waals surface area (Å²) in [6.07, 6.45) is 4.18. The third-order valence-electron chi connectivity index (χ3n) is 3.11. The molecular weight excluding hydrogens is 170 g/mol. The molecule has 0 aliphatic carbocycles. The van der Waals surface area contributed by atoms with Crippen LogP contribution in [0.4, 0.5) is 5.69 Å². The first-order valence-electron chi connectivity index (χ1n) is 5.18. The highest BCUT2D eigenvalue weighted by Crippen LogP contribution is 2.33. The van der Waals surface area contributed by atoms with Crippen LogP contribution in [0.25, 0.3) is 0 Å². The van der Waals surface area contributed by atoms with Gasteiger partial charge in [-0.3, -0.25) is 0 Å². The molecule has 76 valence electrons. The van der Waals surface area contributed by atoms with E-state index in [1.54, 1.807) is 0 Å². The van der Waals surface area contributed by atoms with E-state index in [0.29, 0.717) is 0 Å². The van der Waals surface area contributed by atoms with Crippen molar-refractivity contribution in [3.63, 3.8) is 0 Å². The molecule has 0 saturated carbocycles. The van der Waals surface area contributed by atoms with Crippen LogP contribution in [0.15, 0.2) is 36.9 Å². The molecule has 0 saturated heterocycles. The van der Waals surface area contributed by atoms with Gasteiger partial charge < -0.3 is 5.73 Å². The third-order valence-corrected chi connectivity index (χ3v) is 3.11. The van der Waals surface area contributed by atoms with Crippen LogP contribution in [0.3, 0.4) is 0 Å². The fourth-order valence-electron chi connectivity index (χ4n) is 1.91. The largest absolute Gasteiger partial charge is 0.399 e. The topological polar surface area (TPSA) is 26.0 Å². The Morgan fingerprint density at radius 1 is 1.36 bits per heavy atom. The van der Waals surface area contributed by atoms with Crippen molar-refractivity contribution in [2.45, 2.75) is 32.1 Å². The molecule has 0 aromatic heterocycles. The number of rotatable bonds is 4. The van der Waals surface area contributed by atoms with E-state index in [4.69, 9.17) is 5.73 Å². The second-order valence-electron chi connectivity index (χ2n) is 3.69. The van der Waals surface area contributed by atoms with Crippen LogP contribution in [0, 0.1) is 0 Å². The van der Waals surface area contributed by atoms with E-state index in [1.807, 2.05) is 18.2 Å². The Balaban J connectivity index is 3.17. The van der Waals surface area contributed by atoms with Crippen molar-refractivity contribution in [2.24, 2.45) is 0 Å². The quantitative estimate of drug-likeness (QED) is 0.569. The molecular formula is C13H19N. The summed E-state index contributed by atoms with van der Waals surface area (Å²) < 4.78 is 0. The lowest BCUT2D eigenvalue weighted by atomic mass is 9.76. The maximum absolute atomic E-state index is 5.79. The number of nitrogen functional groups attached to an aromatic ring is 1. The standard InChI is InChI=1S/C13H19N/c1-4-13(5-2,6-3)11-8-7-9-12(14)10-11/h4,7-10H,1,5-6,14H2,2-3H3. The average Bonchev–Trinajstić information content (AvgIpc) is 2.22. The summed E-state index contributed by atoms with van der Waals surface area (Å²) in [5.41, 5.74) is 7.98. The molecule has 1 nitrogen and oxygen atoms in total. The lowest BCUT2D eigenvalue weighted by molar-refractivity contribution is 0.499. The molecule has 14 heavy (non-hydrogen) atoms. The van der Waals surface area contributed by atoms with Gasteiger partial charge in [-0.15, -0.1) is 6.58 Å². The molecule has 1 aromatic carbocycles. The third kappa shape index (κ3) is 1.82. The molecule has 1 rings (SSSR count). The van der Waals surface area contributed by atoms with Gasteiger partial charge in [-0.05, 0) is 30.5 Å². The summed E-state index contributed by atoms with van der Waals surface area (Å²) in [5.74, 6) is 0. The summed E-state index contributed by atoms with van der Waals surface area (Å²) in [5, 5.41) is 0. The van der Waals surface area contributed by atoms with Gasteiger partial charge in [-0.2, -0.15) is 0 Å². The number of hydrogen-bond donors (Lipinski definition) is 1. The van der Waals surface area contributed by atoms with Crippen molar-refractivity contribution in [3.8, 4) is 0 Å². The SMILES string of the molecule is C=CC(CC)(CC)c1cccc(N)c1. The Morgan fingerprint density at radius 3 is 2.43 bits per heavy atom. The molecule has 0 aliphatic rings. The minimum atomic E-state index is 0.0926. The minimum absolute atomic E-state index is 0.0926. The lowest BCUT2D eigenvalue weighted by Crippen LogP contribution is -2.21. The van der Waals surface area contributed by atoms with Gasteiger partial charge >= 0.3 is 0 Å². The number of hydrogen-bond acceptors (Lipinski definition) is 1. The number of nitrogens with two attached hydrogens (primary N) is 1. The molecule has 0 atom stereocenters. The molecule has 0 unspecified atom stereocenters. The normalized spacial score (nSPS) is 11.3. The van der Waals surface area contributed by atoms with E-state index >= 15 is 0 Å². The predicted molar refractivity (Wildman–Crippen MR) is 63.3 cm³/mol. The van der Waals surface area contributed by atoms with E-state index in [2.05, 4.69) is 32.6 Å². The summed E-state index contributed by atoms with van der Waals surface area (Å²) in [6.45, 7) is 8.32. The van der Waals surface area contributed by atoms with Crippen molar-refractivity contribution >= 4 is 5.69 Å². The zero-order valence-electron chi connectivity index (χ0n) is 9.09. The Bertz CT molecular complexity index is 311. The van der Waals surface area contributed by atoms with Gasteiger partial charge in [-0.25, -0.2) is 0 Å². The van der Waals surface area contributed by atoms with Crippen LogP contribution in [0.2, 0.25) is 0 Å². The predicted octanol–water partition coefficient (Wildman–Crippen LogP) is 3.51. The van der Waals surface area contributed by atoms with Crippen LogP contribution < -0.4 is 5.73 Å². The fraction of sp³-hybridized carbons (Fsp3) is 0.385. The molecule has 0 spiro atoms. The molecule has 2 N–H and O–H groups in total. The highest BCUT2D eigenvalue weighted by atomic mass is 14.5. The molecule has 0 heterocycles. The summed E-state index contributed by atoms with van der Waals surface area (Å²) >= 11 is 0. The Labute approximate surface area is 86.6 Å². The van der Waals surface area contributed by atoms with Crippen LogP contribution in [0.5, 0.6) is 0 Å². The minimum Gasteiger partial charge on any atom is -0.399 e. The van der Waals surface area contributed by atoms with Crippen molar-refractivity contribution in [1.82, 2.24) is 0 Å². The van der Waals surface area contributed by atoms with Gasteiger partial charge in [0.15, 0.2) is 0 Å². The molecule has 0 amide bonds. The monoisotopic (exact) mass is 189 g/mol. The molecule has 0 fully saturated rings. The van der Waals surface area contributed by atoms with Crippen LogP contribution in [0.1, 0.15) is 32.3 Å². The van der Waals surface area contributed by atoms with Crippen molar-refractivity contribution < 1.29 is 0 Å². The average molecular weight is 189 g/mol. The van der Waals surface area contributed by atoms with Crippen molar-refractivity contribution in [1.29, 1.82) is 0 Å². The maximum Gasteiger partial charge on any atom is 0.0317 e. The molecule has 1 heteroatoms. The van der Waals surface area contributed by atoms with E-state index in [-0.39, 0.29) is 5.41 Å². The second kappa shape index (κ2) is 4.32. The van der Waals surface area contributed by atoms with Crippen molar-refractivity contribution in [2.75, 3.05) is 5.73 Å². The molecule has 0 radical (unpaired) electrons. The highest BCUT2D eigenvalue weighted by Gasteiger charge is 2.24. The van der Waals surface area contributed by atoms with Gasteiger partial charge in [0.2, 0.25) is 0 Å². The second-order valence-corrected chi connectivity index (χ2v) is 3.69. The van der Waals surface area contributed by atoms with Gasteiger partial charge in [0.25, 0.3) is 0 Å². The van der Waals surface area contributed by atoms with Crippen LogP contribution in [-0.2, 0) is 5.41 Å². The van der Waals surface area contributed by atoms with E-state index in [1.165, 1.54) is 5.56 Å². The fourth-order valence-corrected chi connectivity index (χ4v) is 1.91. The smallest absolute Gasteiger partial charge is 0.0317 e. The summed E-state index contributed by atoms with van der Waals surface area (Å²) in [7, 11) is 0.